The van der Waals surface area contributed by atoms with E-state index in [1.165, 1.54) is 6.20 Å². The predicted octanol–water partition coefficient (Wildman–Crippen LogP) is 2.50. The van der Waals surface area contributed by atoms with E-state index in [4.69, 9.17) is 5.73 Å². The molecule has 0 fully saturated rings. The number of carbonyl (C=O) groups excluding carboxylic acids is 3. The van der Waals surface area contributed by atoms with Crippen molar-refractivity contribution in [2.45, 2.75) is 26.3 Å². The van der Waals surface area contributed by atoms with Crippen LogP contribution >= 0.6 is 15.9 Å². The van der Waals surface area contributed by atoms with Gasteiger partial charge in [0.25, 0.3) is 0 Å². The van der Waals surface area contributed by atoms with Crippen molar-refractivity contribution in [2.24, 2.45) is 11.7 Å². The minimum Gasteiger partial charge on any atom is -0.346 e. The Kier molecular flexibility index (Phi) is 7.83. The second-order valence-electron chi connectivity index (χ2n) is 6.41. The third kappa shape index (κ3) is 5.71. The Morgan fingerprint density at radius 1 is 1.21 bits per heavy atom. The van der Waals surface area contributed by atoms with E-state index in [9.17, 15) is 14.4 Å². The number of amides is 2. The molecular weight excluding hydrogens is 424 g/mol. The number of benzene rings is 1. The van der Waals surface area contributed by atoms with Crippen LogP contribution in [0.5, 0.6) is 0 Å². The molecule has 0 unspecified atom stereocenters. The molecule has 1 aromatic heterocycles. The SMILES string of the molecule is CC[C@H](C)[C@H](N)C(=O)NCC(=O)Nc1ccc(Br)cc1C(=O)c1ccccn1. The number of hydrogen-bond donors (Lipinski definition) is 3. The Balaban J connectivity index is 2.09. The average molecular weight is 447 g/mol. The third-order valence-electron chi connectivity index (χ3n) is 4.38. The summed E-state index contributed by atoms with van der Waals surface area (Å²) < 4.78 is 0.692. The highest BCUT2D eigenvalue weighted by Crippen LogP contribution is 2.23. The van der Waals surface area contributed by atoms with Gasteiger partial charge < -0.3 is 16.4 Å². The number of halogens is 1. The second kappa shape index (κ2) is 10.1. The first kappa shape index (κ1) is 21.7. The molecule has 0 radical (unpaired) electrons. The van der Waals surface area contributed by atoms with Crippen LogP contribution in [0.15, 0.2) is 47.1 Å². The van der Waals surface area contributed by atoms with Gasteiger partial charge in [0.05, 0.1) is 18.3 Å². The second-order valence-corrected chi connectivity index (χ2v) is 7.33. The fourth-order valence-corrected chi connectivity index (χ4v) is 2.80. The Bertz CT molecular complexity index is 858. The zero-order valence-corrected chi connectivity index (χ0v) is 17.3. The van der Waals surface area contributed by atoms with Crippen LogP contribution in [0.2, 0.25) is 0 Å². The molecule has 0 bridgehead atoms. The number of nitrogens with two attached hydrogens (primary N) is 1. The zero-order chi connectivity index (χ0) is 20.7. The first-order valence-corrected chi connectivity index (χ1v) is 9.71. The van der Waals surface area contributed by atoms with Crippen LogP contribution in [-0.4, -0.2) is 35.2 Å². The summed E-state index contributed by atoms with van der Waals surface area (Å²) in [5, 5.41) is 5.19. The van der Waals surface area contributed by atoms with Crippen molar-refractivity contribution in [3.63, 3.8) is 0 Å². The number of rotatable bonds is 8. The molecule has 0 spiro atoms. The molecule has 0 saturated carbocycles. The van der Waals surface area contributed by atoms with Crippen LogP contribution in [0.25, 0.3) is 0 Å². The summed E-state index contributed by atoms with van der Waals surface area (Å²) in [4.78, 5) is 41.1. The average Bonchev–Trinajstić information content (AvgIpc) is 2.72. The minimum atomic E-state index is -0.674. The molecule has 4 N–H and O–H groups in total. The van der Waals surface area contributed by atoms with Crippen molar-refractivity contribution in [1.29, 1.82) is 0 Å². The molecule has 0 aliphatic carbocycles. The Labute approximate surface area is 172 Å². The lowest BCUT2D eigenvalue weighted by molar-refractivity contribution is -0.125. The summed E-state index contributed by atoms with van der Waals surface area (Å²) in [5.41, 5.74) is 6.75. The maximum Gasteiger partial charge on any atom is 0.243 e. The summed E-state index contributed by atoms with van der Waals surface area (Å²) in [6.45, 7) is 3.58. The van der Waals surface area contributed by atoms with E-state index in [0.717, 1.165) is 6.42 Å². The standard InChI is InChI=1S/C20H23BrN4O3/c1-3-12(2)18(22)20(28)24-11-17(26)25-15-8-7-13(21)10-14(15)19(27)16-6-4-5-9-23-16/h4-10,12,18H,3,11,22H2,1-2H3,(H,24,28)(H,25,26)/t12-,18-/m0/s1. The fraction of sp³-hybridized carbons (Fsp3) is 0.300. The van der Waals surface area contributed by atoms with Gasteiger partial charge in [-0.3, -0.25) is 19.4 Å². The van der Waals surface area contributed by atoms with Gasteiger partial charge in [0.15, 0.2) is 0 Å². The van der Waals surface area contributed by atoms with Crippen molar-refractivity contribution in [3.05, 3.63) is 58.3 Å². The van der Waals surface area contributed by atoms with Crippen molar-refractivity contribution in [1.82, 2.24) is 10.3 Å². The summed E-state index contributed by atoms with van der Waals surface area (Å²) in [7, 11) is 0. The minimum absolute atomic E-state index is 0.0112. The van der Waals surface area contributed by atoms with Crippen LogP contribution in [0.1, 0.15) is 36.3 Å². The summed E-state index contributed by atoms with van der Waals surface area (Å²) in [6, 6.07) is 9.30. The summed E-state index contributed by atoms with van der Waals surface area (Å²) in [6.07, 6.45) is 2.29. The van der Waals surface area contributed by atoms with Crippen LogP contribution in [0.4, 0.5) is 5.69 Å². The number of pyridine rings is 1. The predicted molar refractivity (Wildman–Crippen MR) is 111 cm³/mol. The number of ketones is 1. The molecule has 7 nitrogen and oxygen atoms in total. The number of anilines is 1. The number of aromatic nitrogens is 1. The molecule has 2 amide bonds. The van der Waals surface area contributed by atoms with Crippen LogP contribution in [0.3, 0.4) is 0 Å². The molecule has 0 saturated heterocycles. The van der Waals surface area contributed by atoms with E-state index in [0.29, 0.717) is 15.7 Å². The van der Waals surface area contributed by atoms with E-state index in [1.807, 2.05) is 13.8 Å². The van der Waals surface area contributed by atoms with Gasteiger partial charge in [-0.1, -0.05) is 42.3 Å². The molecule has 0 aliphatic heterocycles. The highest BCUT2D eigenvalue weighted by Gasteiger charge is 2.21. The Morgan fingerprint density at radius 2 is 1.96 bits per heavy atom. The van der Waals surface area contributed by atoms with Gasteiger partial charge in [-0.25, -0.2) is 0 Å². The molecular formula is C20H23BrN4O3. The lowest BCUT2D eigenvalue weighted by Crippen LogP contribution is -2.46. The van der Waals surface area contributed by atoms with Gasteiger partial charge in [0.2, 0.25) is 17.6 Å². The smallest absolute Gasteiger partial charge is 0.243 e. The first-order valence-electron chi connectivity index (χ1n) is 8.92. The number of carbonyl (C=O) groups is 3. The molecule has 148 valence electrons. The highest BCUT2D eigenvalue weighted by molar-refractivity contribution is 9.10. The van der Waals surface area contributed by atoms with E-state index >= 15 is 0 Å². The maximum absolute atomic E-state index is 12.7. The first-order chi connectivity index (χ1) is 13.3. The van der Waals surface area contributed by atoms with Crippen molar-refractivity contribution < 1.29 is 14.4 Å². The number of nitrogens with zero attached hydrogens (tertiary/aromatic N) is 1. The van der Waals surface area contributed by atoms with E-state index in [-0.39, 0.29) is 29.8 Å². The van der Waals surface area contributed by atoms with E-state index in [2.05, 4.69) is 31.5 Å². The molecule has 2 rings (SSSR count). The van der Waals surface area contributed by atoms with E-state index in [1.54, 1.807) is 36.4 Å². The Morgan fingerprint density at radius 3 is 2.61 bits per heavy atom. The number of hydrogen-bond acceptors (Lipinski definition) is 5. The quantitative estimate of drug-likeness (QED) is 0.538. The van der Waals surface area contributed by atoms with Gasteiger partial charge >= 0.3 is 0 Å². The lowest BCUT2D eigenvalue weighted by Gasteiger charge is -2.17. The fourth-order valence-electron chi connectivity index (χ4n) is 2.44. The molecule has 1 heterocycles. The molecule has 28 heavy (non-hydrogen) atoms. The normalized spacial score (nSPS) is 12.7. The number of nitrogens with one attached hydrogen (secondary N) is 2. The molecule has 8 heteroatoms. The van der Waals surface area contributed by atoms with Gasteiger partial charge in [-0.2, -0.15) is 0 Å². The van der Waals surface area contributed by atoms with Crippen molar-refractivity contribution in [3.8, 4) is 0 Å². The van der Waals surface area contributed by atoms with Gasteiger partial charge in [-0.05, 0) is 36.2 Å². The molecule has 2 atom stereocenters. The Hall–Kier alpha value is -2.58. The molecule has 2 aromatic rings. The third-order valence-corrected chi connectivity index (χ3v) is 4.87. The zero-order valence-electron chi connectivity index (χ0n) is 15.7. The van der Waals surface area contributed by atoms with Crippen LogP contribution < -0.4 is 16.4 Å². The largest absolute Gasteiger partial charge is 0.346 e. The lowest BCUT2D eigenvalue weighted by atomic mass is 9.99. The topological polar surface area (TPSA) is 114 Å². The highest BCUT2D eigenvalue weighted by atomic mass is 79.9. The van der Waals surface area contributed by atoms with Crippen molar-refractivity contribution >= 4 is 39.2 Å². The maximum atomic E-state index is 12.7. The van der Waals surface area contributed by atoms with Crippen LogP contribution in [-0.2, 0) is 9.59 Å². The summed E-state index contributed by atoms with van der Waals surface area (Å²) in [5.74, 6) is -1.15. The van der Waals surface area contributed by atoms with Crippen molar-refractivity contribution in [2.75, 3.05) is 11.9 Å². The van der Waals surface area contributed by atoms with Gasteiger partial charge in [0.1, 0.15) is 5.69 Å². The van der Waals surface area contributed by atoms with Crippen LogP contribution in [0, 0.1) is 5.92 Å². The monoisotopic (exact) mass is 446 g/mol. The molecule has 0 aliphatic rings. The van der Waals surface area contributed by atoms with Gasteiger partial charge in [0, 0.05) is 16.2 Å². The summed E-state index contributed by atoms with van der Waals surface area (Å²) >= 11 is 3.33. The van der Waals surface area contributed by atoms with E-state index < -0.39 is 11.9 Å². The molecule has 1 aromatic carbocycles. The van der Waals surface area contributed by atoms with Gasteiger partial charge in [-0.15, -0.1) is 0 Å².